The molecule has 0 fully saturated rings. The second kappa shape index (κ2) is 5.47. The maximum absolute atomic E-state index is 7.74. The fourth-order valence-electron chi connectivity index (χ4n) is 6.86. The highest BCUT2D eigenvalue weighted by molar-refractivity contribution is 7.42. The van der Waals surface area contributed by atoms with E-state index in [4.69, 9.17) is 11.1 Å². The molecule has 0 aromatic carbocycles. The zero-order chi connectivity index (χ0) is 17.1. The van der Waals surface area contributed by atoms with Crippen LogP contribution in [0.3, 0.4) is 0 Å². The standard InChI is InChI=1S/C16H37ClSi4/c1-14-12-21(17,13-15(14)2)16(18(3,4)5,19(6,7)8)20(9,10)11/h12-13H2,1-11H3. The van der Waals surface area contributed by atoms with Gasteiger partial charge in [-0.2, -0.15) is 11.1 Å². The molecule has 1 rings (SSSR count). The topological polar surface area (TPSA) is 0 Å². The molecule has 1 aliphatic rings. The van der Waals surface area contributed by atoms with Crippen molar-refractivity contribution < 1.29 is 0 Å². The van der Waals surface area contributed by atoms with Gasteiger partial charge in [0.25, 0.3) is 0 Å². The molecule has 5 heteroatoms. The van der Waals surface area contributed by atoms with Gasteiger partial charge in [-0.1, -0.05) is 70.1 Å². The summed E-state index contributed by atoms with van der Waals surface area (Å²) in [7, 11) is -5.95. The number of rotatable bonds is 4. The van der Waals surface area contributed by atoms with Crippen LogP contribution in [-0.4, -0.2) is 31.6 Å². The fourth-order valence-corrected chi connectivity index (χ4v) is 63.4. The predicted octanol–water partition coefficient (Wildman–Crippen LogP) is 6.89. The van der Waals surface area contributed by atoms with Crippen molar-refractivity contribution in [1.82, 2.24) is 0 Å². The fraction of sp³-hybridized carbons (Fsp3) is 0.875. The highest BCUT2D eigenvalue weighted by Crippen LogP contribution is 2.65. The molecule has 0 saturated heterocycles. The van der Waals surface area contributed by atoms with Gasteiger partial charge in [0.05, 0.1) is 0 Å². The van der Waals surface area contributed by atoms with Crippen molar-refractivity contribution in [2.45, 2.75) is 88.8 Å². The Morgan fingerprint density at radius 3 is 1.14 bits per heavy atom. The predicted molar refractivity (Wildman–Crippen MR) is 112 cm³/mol. The summed E-state index contributed by atoms with van der Waals surface area (Å²) in [6.07, 6.45) is 0. The number of hydrogen-bond donors (Lipinski definition) is 0. The molecule has 21 heavy (non-hydrogen) atoms. The van der Waals surface area contributed by atoms with Crippen LogP contribution >= 0.6 is 11.1 Å². The summed E-state index contributed by atoms with van der Waals surface area (Å²) >= 11 is 7.74. The summed E-state index contributed by atoms with van der Waals surface area (Å²) in [5.41, 5.74) is 3.24. The molecule has 1 aliphatic heterocycles. The van der Waals surface area contributed by atoms with Crippen molar-refractivity contribution in [3.63, 3.8) is 0 Å². The Labute approximate surface area is 142 Å². The van der Waals surface area contributed by atoms with Gasteiger partial charge in [-0.3, -0.25) is 0 Å². The van der Waals surface area contributed by atoms with E-state index < -0.39 is 31.6 Å². The van der Waals surface area contributed by atoms with E-state index in [2.05, 4.69) is 72.8 Å². The summed E-state index contributed by atoms with van der Waals surface area (Å²) in [4.78, 5) is 0. The molecule has 0 nitrogen and oxygen atoms in total. The zero-order valence-corrected chi connectivity index (χ0v) is 21.0. The third kappa shape index (κ3) is 2.88. The van der Waals surface area contributed by atoms with Crippen LogP contribution in [0.4, 0.5) is 0 Å². The number of halogens is 1. The van der Waals surface area contributed by atoms with Crippen molar-refractivity contribution in [2.75, 3.05) is 0 Å². The van der Waals surface area contributed by atoms with Crippen molar-refractivity contribution in [3.05, 3.63) is 11.1 Å². The van der Waals surface area contributed by atoms with Crippen LogP contribution in [0.15, 0.2) is 11.1 Å². The van der Waals surface area contributed by atoms with Gasteiger partial charge in [-0.05, 0) is 29.8 Å². The van der Waals surface area contributed by atoms with Crippen LogP contribution in [0.2, 0.25) is 74.9 Å². The highest BCUT2D eigenvalue weighted by atomic mass is 35.6. The maximum Gasteiger partial charge on any atom is 0.162 e. The lowest BCUT2D eigenvalue weighted by Crippen LogP contribution is -2.75. The summed E-state index contributed by atoms with van der Waals surface area (Å²) in [5, 5.41) is 0. The number of hydrogen-bond acceptors (Lipinski definition) is 0. The summed E-state index contributed by atoms with van der Waals surface area (Å²) in [6, 6.07) is 2.53. The lowest BCUT2D eigenvalue weighted by Gasteiger charge is -2.65. The van der Waals surface area contributed by atoms with Crippen molar-refractivity contribution in [1.29, 1.82) is 0 Å². The van der Waals surface area contributed by atoms with E-state index in [9.17, 15) is 0 Å². The van der Waals surface area contributed by atoms with E-state index >= 15 is 0 Å². The molecule has 0 aliphatic carbocycles. The van der Waals surface area contributed by atoms with Crippen LogP contribution in [-0.2, 0) is 0 Å². The second-order valence-corrected chi connectivity index (χ2v) is 34.7. The second-order valence-electron chi connectivity index (χ2n) is 10.4. The van der Waals surface area contributed by atoms with E-state index in [-0.39, 0.29) is 0 Å². The van der Waals surface area contributed by atoms with Crippen LogP contribution < -0.4 is 0 Å². The first-order valence-electron chi connectivity index (χ1n) is 8.35. The SMILES string of the molecule is CC1=C(C)C[Si](Cl)(C([Si](C)(C)C)([Si](C)(C)C)[Si](C)(C)C)C1. The van der Waals surface area contributed by atoms with E-state index in [1.165, 1.54) is 12.1 Å². The summed E-state index contributed by atoms with van der Waals surface area (Å²) in [6.45, 7) is 28.3. The van der Waals surface area contributed by atoms with Gasteiger partial charge in [0, 0.05) is 24.2 Å². The Balaban J connectivity index is 3.70. The lowest BCUT2D eigenvalue weighted by molar-refractivity contribution is 1.17. The van der Waals surface area contributed by atoms with Gasteiger partial charge in [0.1, 0.15) is 0 Å². The Morgan fingerprint density at radius 1 is 0.714 bits per heavy atom. The molecule has 0 atom stereocenters. The molecule has 0 radical (unpaired) electrons. The van der Waals surface area contributed by atoms with Gasteiger partial charge >= 0.3 is 0 Å². The molecular weight excluding hydrogens is 340 g/mol. The summed E-state index contributed by atoms with van der Waals surface area (Å²) < 4.78 is 0.570. The minimum atomic E-state index is -1.82. The molecule has 124 valence electrons. The van der Waals surface area contributed by atoms with E-state index in [1.54, 1.807) is 11.1 Å². The van der Waals surface area contributed by atoms with Gasteiger partial charge < -0.3 is 0 Å². The normalized spacial score (nSPS) is 21.1. The molecule has 0 aromatic rings. The molecule has 0 aromatic heterocycles. The molecular formula is C16H37ClSi4. The minimum Gasteiger partial charge on any atom is -0.167 e. The average Bonchev–Trinajstić information content (AvgIpc) is 2.32. The Morgan fingerprint density at radius 2 is 0.952 bits per heavy atom. The molecule has 0 amide bonds. The van der Waals surface area contributed by atoms with Crippen molar-refractivity contribution in [3.8, 4) is 0 Å². The minimum absolute atomic E-state index is 0.570. The van der Waals surface area contributed by atoms with Gasteiger partial charge in [0.15, 0.2) is 7.38 Å². The molecule has 0 N–H and O–H groups in total. The third-order valence-electron chi connectivity index (χ3n) is 5.87. The summed E-state index contributed by atoms with van der Waals surface area (Å²) in [5.74, 6) is 0. The third-order valence-corrected chi connectivity index (χ3v) is 43.8. The average molecular weight is 377 g/mol. The van der Waals surface area contributed by atoms with E-state index in [0.29, 0.717) is 3.91 Å². The van der Waals surface area contributed by atoms with Crippen LogP contribution in [0, 0.1) is 0 Å². The largest absolute Gasteiger partial charge is 0.167 e. The van der Waals surface area contributed by atoms with Gasteiger partial charge in [-0.15, -0.1) is 0 Å². The molecule has 1 heterocycles. The van der Waals surface area contributed by atoms with E-state index in [0.717, 1.165) is 0 Å². The Kier molecular flexibility index (Phi) is 5.19. The van der Waals surface area contributed by atoms with Crippen LogP contribution in [0.1, 0.15) is 13.8 Å². The first kappa shape index (κ1) is 19.9. The van der Waals surface area contributed by atoms with Gasteiger partial charge in [-0.25, -0.2) is 0 Å². The maximum atomic E-state index is 7.74. The smallest absolute Gasteiger partial charge is 0.162 e. The van der Waals surface area contributed by atoms with Crippen molar-refractivity contribution in [2.24, 2.45) is 0 Å². The quantitative estimate of drug-likeness (QED) is 0.284. The van der Waals surface area contributed by atoms with E-state index in [1.807, 2.05) is 0 Å². The molecule has 0 spiro atoms. The zero-order valence-electron chi connectivity index (χ0n) is 16.3. The Hall–Kier alpha value is 0.898. The molecule has 0 unspecified atom stereocenters. The molecule has 0 bridgehead atoms. The van der Waals surface area contributed by atoms with Crippen LogP contribution in [0.5, 0.6) is 0 Å². The highest BCUT2D eigenvalue weighted by Gasteiger charge is 2.70. The molecule has 0 saturated carbocycles. The van der Waals surface area contributed by atoms with Gasteiger partial charge in [0.2, 0.25) is 0 Å². The Bertz CT molecular complexity index is 396. The monoisotopic (exact) mass is 376 g/mol. The van der Waals surface area contributed by atoms with Crippen LogP contribution in [0.25, 0.3) is 0 Å². The lowest BCUT2D eigenvalue weighted by atomic mass is 10.2. The number of allylic oxidation sites excluding steroid dienone is 2. The van der Waals surface area contributed by atoms with Crippen molar-refractivity contribution >= 4 is 42.7 Å². The first-order chi connectivity index (χ1) is 9.01. The first-order valence-corrected chi connectivity index (χ1v) is 22.3.